The Morgan fingerprint density at radius 3 is 2.62 bits per heavy atom. The van der Waals surface area contributed by atoms with Crippen molar-refractivity contribution in [2.75, 3.05) is 43.7 Å². The van der Waals surface area contributed by atoms with E-state index in [4.69, 9.17) is 9.57 Å². The van der Waals surface area contributed by atoms with Crippen molar-refractivity contribution in [2.45, 2.75) is 0 Å². The van der Waals surface area contributed by atoms with Gasteiger partial charge in [0, 0.05) is 43.3 Å². The molecule has 0 aliphatic carbocycles. The first-order chi connectivity index (χ1) is 14.1. The molecule has 1 aromatic heterocycles. The molecule has 8 heteroatoms. The number of nitrogens with zero attached hydrogens (tertiary/aromatic N) is 3. The van der Waals surface area contributed by atoms with E-state index in [-0.39, 0.29) is 5.75 Å². The first-order valence-corrected chi connectivity index (χ1v) is 9.33. The summed E-state index contributed by atoms with van der Waals surface area (Å²) in [7, 11) is 1.52. The molecule has 8 nitrogen and oxygen atoms in total. The number of hydrogen-bond donors (Lipinski definition) is 2. The van der Waals surface area contributed by atoms with Gasteiger partial charge in [-0.3, -0.25) is 0 Å². The highest BCUT2D eigenvalue weighted by atomic mass is 16.7. The summed E-state index contributed by atoms with van der Waals surface area (Å²) in [5, 5.41) is 10.5. The fourth-order valence-electron chi connectivity index (χ4n) is 3.33. The average Bonchev–Trinajstić information content (AvgIpc) is 2.77. The summed E-state index contributed by atoms with van der Waals surface area (Å²) < 4.78 is 5.30. The second-order valence-electron chi connectivity index (χ2n) is 6.70. The quantitative estimate of drug-likeness (QED) is 0.657. The topological polar surface area (TPSA) is 87.2 Å². The smallest absolute Gasteiger partial charge is 0.434 e. The minimum atomic E-state index is -0.462. The Kier molecular flexibility index (Phi) is 5.24. The number of rotatable bonds is 4. The Morgan fingerprint density at radius 2 is 1.86 bits per heavy atom. The SMILES string of the molecule is COc1nc2ccccc2cc1NOC(=O)N1CCN(c2cccc(O)c2)CC1. The lowest BCUT2D eigenvalue weighted by atomic mass is 10.2. The molecule has 2 N–H and O–H groups in total. The number of amides is 1. The first-order valence-electron chi connectivity index (χ1n) is 9.33. The van der Waals surface area contributed by atoms with Gasteiger partial charge in [0.1, 0.15) is 11.4 Å². The van der Waals surface area contributed by atoms with Crippen LogP contribution in [0.15, 0.2) is 54.6 Å². The molecule has 4 rings (SSSR count). The number of phenolic OH excluding ortho intramolecular Hbond substituents is 1. The highest BCUT2D eigenvalue weighted by molar-refractivity contribution is 5.84. The summed E-state index contributed by atoms with van der Waals surface area (Å²) in [5.74, 6) is 0.580. The molecule has 1 saturated heterocycles. The molecule has 0 saturated carbocycles. The van der Waals surface area contributed by atoms with Crippen LogP contribution in [0.25, 0.3) is 10.9 Å². The first kappa shape index (κ1) is 18.7. The van der Waals surface area contributed by atoms with Gasteiger partial charge >= 0.3 is 6.09 Å². The predicted molar refractivity (Wildman–Crippen MR) is 110 cm³/mol. The zero-order chi connectivity index (χ0) is 20.2. The van der Waals surface area contributed by atoms with Gasteiger partial charge in [-0.05, 0) is 24.3 Å². The van der Waals surface area contributed by atoms with Crippen LogP contribution in [0.3, 0.4) is 0 Å². The lowest BCUT2D eigenvalue weighted by Crippen LogP contribution is -2.49. The number of fused-ring (bicyclic) bond motifs is 1. The number of carbonyl (C=O) groups is 1. The van der Waals surface area contributed by atoms with Crippen molar-refractivity contribution >= 4 is 28.4 Å². The molecule has 3 aromatic rings. The molecule has 0 unspecified atom stereocenters. The van der Waals surface area contributed by atoms with E-state index in [1.807, 2.05) is 36.4 Å². The van der Waals surface area contributed by atoms with E-state index in [1.54, 1.807) is 23.1 Å². The second-order valence-corrected chi connectivity index (χ2v) is 6.70. The molecule has 2 heterocycles. The zero-order valence-corrected chi connectivity index (χ0v) is 16.0. The Bertz CT molecular complexity index is 1020. The minimum Gasteiger partial charge on any atom is -0.508 e. The van der Waals surface area contributed by atoms with Crippen molar-refractivity contribution in [1.82, 2.24) is 9.88 Å². The summed E-state index contributed by atoms with van der Waals surface area (Å²) in [6.07, 6.45) is -0.462. The summed E-state index contributed by atoms with van der Waals surface area (Å²) in [6, 6.07) is 16.6. The number of pyridine rings is 1. The van der Waals surface area contributed by atoms with Crippen LogP contribution in [0, 0.1) is 0 Å². The largest absolute Gasteiger partial charge is 0.508 e. The monoisotopic (exact) mass is 394 g/mol. The van der Waals surface area contributed by atoms with Gasteiger partial charge in [-0.25, -0.2) is 15.3 Å². The molecule has 29 heavy (non-hydrogen) atoms. The Balaban J connectivity index is 1.36. The number of aromatic nitrogens is 1. The average molecular weight is 394 g/mol. The minimum absolute atomic E-state index is 0.228. The van der Waals surface area contributed by atoms with Crippen LogP contribution in [-0.2, 0) is 4.84 Å². The van der Waals surface area contributed by atoms with Gasteiger partial charge in [0.25, 0.3) is 0 Å². The number of benzene rings is 2. The van der Waals surface area contributed by atoms with Gasteiger partial charge in [0.05, 0.1) is 12.6 Å². The van der Waals surface area contributed by atoms with Crippen molar-refractivity contribution in [3.63, 3.8) is 0 Å². The molecule has 150 valence electrons. The molecule has 1 aliphatic heterocycles. The number of methoxy groups -OCH3 is 1. The van der Waals surface area contributed by atoms with Gasteiger partial charge < -0.3 is 24.5 Å². The molecule has 1 aliphatic rings. The maximum absolute atomic E-state index is 12.5. The van der Waals surface area contributed by atoms with E-state index >= 15 is 0 Å². The summed E-state index contributed by atoms with van der Waals surface area (Å²) >= 11 is 0. The van der Waals surface area contributed by atoms with E-state index in [1.165, 1.54) is 7.11 Å². The Labute approximate surface area is 168 Å². The third-order valence-electron chi connectivity index (χ3n) is 4.86. The van der Waals surface area contributed by atoms with Crippen molar-refractivity contribution in [1.29, 1.82) is 0 Å². The van der Waals surface area contributed by atoms with Crippen LogP contribution in [0.1, 0.15) is 0 Å². The summed E-state index contributed by atoms with van der Waals surface area (Å²) in [5.41, 5.74) is 4.89. The number of anilines is 2. The van der Waals surface area contributed by atoms with Gasteiger partial charge in [-0.2, -0.15) is 0 Å². The number of aromatic hydroxyl groups is 1. The van der Waals surface area contributed by atoms with Crippen LogP contribution in [0.2, 0.25) is 0 Å². The maximum Gasteiger partial charge on any atom is 0.434 e. The molecular formula is C21H22N4O4. The third-order valence-corrected chi connectivity index (χ3v) is 4.86. The molecular weight excluding hydrogens is 372 g/mol. The van der Waals surface area contributed by atoms with Gasteiger partial charge in [0.15, 0.2) is 0 Å². The van der Waals surface area contributed by atoms with E-state index in [0.717, 1.165) is 16.6 Å². The van der Waals surface area contributed by atoms with E-state index in [9.17, 15) is 9.90 Å². The van der Waals surface area contributed by atoms with Crippen LogP contribution in [0.4, 0.5) is 16.2 Å². The number of nitrogens with one attached hydrogen (secondary N) is 1. The van der Waals surface area contributed by atoms with Crippen LogP contribution in [-0.4, -0.2) is 54.4 Å². The molecule has 1 amide bonds. The maximum atomic E-state index is 12.5. The molecule has 0 bridgehead atoms. The number of para-hydroxylation sites is 1. The summed E-state index contributed by atoms with van der Waals surface area (Å²) in [4.78, 5) is 25.9. The van der Waals surface area contributed by atoms with Crippen molar-refractivity contribution in [3.8, 4) is 11.6 Å². The van der Waals surface area contributed by atoms with Crippen LogP contribution < -0.4 is 15.1 Å². The van der Waals surface area contributed by atoms with Gasteiger partial charge in [-0.15, -0.1) is 0 Å². The lowest BCUT2D eigenvalue weighted by Gasteiger charge is -2.35. The summed E-state index contributed by atoms with van der Waals surface area (Å²) in [6.45, 7) is 2.34. The second kappa shape index (κ2) is 8.14. The van der Waals surface area contributed by atoms with Crippen molar-refractivity contribution in [3.05, 3.63) is 54.6 Å². The molecule has 0 atom stereocenters. The fourth-order valence-corrected chi connectivity index (χ4v) is 3.33. The Morgan fingerprint density at radius 1 is 1.07 bits per heavy atom. The van der Waals surface area contributed by atoms with Gasteiger partial charge in [0.2, 0.25) is 5.88 Å². The number of hydrogen-bond acceptors (Lipinski definition) is 7. The molecule has 1 fully saturated rings. The number of phenols is 1. The third kappa shape index (κ3) is 4.11. The number of ether oxygens (including phenoxy) is 1. The lowest BCUT2D eigenvalue weighted by molar-refractivity contribution is 0.119. The zero-order valence-electron chi connectivity index (χ0n) is 16.0. The highest BCUT2D eigenvalue weighted by Gasteiger charge is 2.23. The van der Waals surface area contributed by atoms with Crippen molar-refractivity contribution < 1.29 is 19.5 Å². The van der Waals surface area contributed by atoms with Crippen molar-refractivity contribution in [2.24, 2.45) is 0 Å². The normalized spacial score (nSPS) is 14.0. The number of piperazine rings is 1. The highest BCUT2D eigenvalue weighted by Crippen LogP contribution is 2.27. The molecule has 0 spiro atoms. The van der Waals surface area contributed by atoms with Crippen LogP contribution in [0.5, 0.6) is 11.6 Å². The Hall–Kier alpha value is -3.68. The molecule has 0 radical (unpaired) electrons. The van der Waals surface area contributed by atoms with E-state index in [0.29, 0.717) is 37.7 Å². The number of carbonyl (C=O) groups excluding carboxylic acids is 1. The van der Waals surface area contributed by atoms with E-state index in [2.05, 4.69) is 15.4 Å². The fraction of sp³-hybridized carbons (Fsp3) is 0.238. The van der Waals surface area contributed by atoms with Crippen LogP contribution >= 0.6 is 0 Å². The predicted octanol–water partition coefficient (Wildman–Crippen LogP) is 3.23. The molecule has 2 aromatic carbocycles. The van der Waals surface area contributed by atoms with Gasteiger partial charge in [-0.1, -0.05) is 24.3 Å². The van der Waals surface area contributed by atoms with E-state index < -0.39 is 6.09 Å². The standard InChI is InChI=1S/C21H22N4O4/c1-28-20-19(13-15-5-2-3-8-18(15)22-20)23-29-21(27)25-11-9-24(10-12-25)16-6-4-7-17(26)14-16/h2-8,13-14,23,26H,9-12H2,1H3.